The van der Waals surface area contributed by atoms with Crippen LogP contribution in [0.25, 0.3) is 0 Å². The summed E-state index contributed by atoms with van der Waals surface area (Å²) in [6, 6.07) is 8.23. The number of nitrogens with zero attached hydrogens (tertiary/aromatic N) is 1. The highest BCUT2D eigenvalue weighted by Gasteiger charge is 2.13. The van der Waals surface area contributed by atoms with E-state index in [0.29, 0.717) is 0 Å². The molecule has 0 radical (unpaired) electrons. The molecule has 1 amide bonds. The Kier molecular flexibility index (Phi) is 7.40. The zero-order chi connectivity index (χ0) is 15.8. The topological polar surface area (TPSA) is 58.4 Å². The van der Waals surface area contributed by atoms with Crippen molar-refractivity contribution in [1.82, 2.24) is 4.90 Å². The second kappa shape index (κ2) is 8.80. The van der Waals surface area contributed by atoms with Crippen LogP contribution in [0.3, 0.4) is 0 Å². The van der Waals surface area contributed by atoms with Crippen LogP contribution in [0.4, 0.5) is 5.69 Å². The van der Waals surface area contributed by atoms with Gasteiger partial charge >= 0.3 is 0 Å². The first kappa shape index (κ1) is 17.7. The summed E-state index contributed by atoms with van der Waals surface area (Å²) in [4.78, 5) is 14.3. The average Bonchev–Trinajstić information content (AvgIpc) is 2.37. The lowest BCUT2D eigenvalue weighted by Crippen LogP contribution is -2.21. The van der Waals surface area contributed by atoms with Gasteiger partial charge in [-0.25, -0.2) is 0 Å². The third-order valence-corrected chi connectivity index (χ3v) is 3.44. The van der Waals surface area contributed by atoms with Gasteiger partial charge in [0.1, 0.15) is 0 Å². The van der Waals surface area contributed by atoms with Crippen molar-refractivity contribution in [3.8, 4) is 0 Å². The highest BCUT2D eigenvalue weighted by molar-refractivity contribution is 5.92. The Morgan fingerprint density at radius 1 is 1.29 bits per heavy atom. The van der Waals surface area contributed by atoms with Crippen LogP contribution in [0.5, 0.6) is 0 Å². The molecule has 0 saturated carbocycles. The fourth-order valence-electron chi connectivity index (χ4n) is 2.26. The Balaban J connectivity index is 2.50. The Morgan fingerprint density at radius 2 is 2.00 bits per heavy atom. The van der Waals surface area contributed by atoms with Gasteiger partial charge in [-0.3, -0.25) is 4.79 Å². The van der Waals surface area contributed by atoms with E-state index in [4.69, 9.17) is 5.73 Å². The van der Waals surface area contributed by atoms with Gasteiger partial charge in [-0.2, -0.15) is 0 Å². The number of carbonyl (C=O) groups excluding carboxylic acids is 1. The lowest BCUT2D eigenvalue weighted by molar-refractivity contribution is -0.119. The summed E-state index contributed by atoms with van der Waals surface area (Å²) in [6.07, 6.45) is 2.84. The fourth-order valence-corrected chi connectivity index (χ4v) is 2.26. The van der Waals surface area contributed by atoms with E-state index in [1.54, 1.807) is 0 Å². The predicted octanol–water partition coefficient (Wildman–Crippen LogP) is 2.84. The molecular weight excluding hydrogens is 262 g/mol. The molecule has 0 aliphatic carbocycles. The zero-order valence-electron chi connectivity index (χ0n) is 13.7. The summed E-state index contributed by atoms with van der Waals surface area (Å²) < 4.78 is 0. The van der Waals surface area contributed by atoms with Gasteiger partial charge in [-0.1, -0.05) is 25.5 Å². The standard InChI is InChI=1S/C17H29N3O/c1-13(7-5-8-14(2)18)17(21)19-16-10-6-9-15(11-16)12-20(3)4/h6,9-11,13-14H,5,7-8,12,18H2,1-4H3,(H,19,21). The number of hydrogen-bond donors (Lipinski definition) is 2. The first-order valence-corrected chi connectivity index (χ1v) is 7.68. The van der Waals surface area contributed by atoms with Crippen molar-refractivity contribution >= 4 is 11.6 Å². The third kappa shape index (κ3) is 7.25. The molecule has 0 aromatic heterocycles. The zero-order valence-corrected chi connectivity index (χ0v) is 13.7. The number of hydrogen-bond acceptors (Lipinski definition) is 3. The van der Waals surface area contributed by atoms with Crippen molar-refractivity contribution in [3.05, 3.63) is 29.8 Å². The molecule has 2 unspecified atom stereocenters. The first-order chi connectivity index (χ1) is 9.88. The molecule has 4 heteroatoms. The molecule has 0 spiro atoms. The number of nitrogens with one attached hydrogen (secondary N) is 1. The Labute approximate surface area is 128 Å². The highest BCUT2D eigenvalue weighted by atomic mass is 16.1. The van der Waals surface area contributed by atoms with E-state index in [1.807, 2.05) is 46.1 Å². The predicted molar refractivity (Wildman–Crippen MR) is 89.1 cm³/mol. The van der Waals surface area contributed by atoms with Crippen LogP contribution in [0.2, 0.25) is 0 Å². The van der Waals surface area contributed by atoms with Crippen molar-refractivity contribution in [2.75, 3.05) is 19.4 Å². The number of benzene rings is 1. The Hall–Kier alpha value is -1.39. The molecule has 4 nitrogen and oxygen atoms in total. The van der Waals surface area contributed by atoms with Crippen LogP contribution in [-0.4, -0.2) is 30.9 Å². The van der Waals surface area contributed by atoms with Gasteiger partial charge in [0.05, 0.1) is 0 Å². The molecule has 21 heavy (non-hydrogen) atoms. The molecule has 2 atom stereocenters. The maximum atomic E-state index is 12.2. The summed E-state index contributed by atoms with van der Waals surface area (Å²) >= 11 is 0. The van der Waals surface area contributed by atoms with Crippen LogP contribution in [0.15, 0.2) is 24.3 Å². The Morgan fingerprint density at radius 3 is 2.62 bits per heavy atom. The first-order valence-electron chi connectivity index (χ1n) is 7.68. The summed E-state index contributed by atoms with van der Waals surface area (Å²) in [7, 11) is 4.07. The van der Waals surface area contributed by atoms with Crippen molar-refractivity contribution in [2.45, 2.75) is 45.7 Å². The van der Waals surface area contributed by atoms with E-state index in [-0.39, 0.29) is 17.9 Å². The van der Waals surface area contributed by atoms with Gasteiger partial charge in [0.2, 0.25) is 5.91 Å². The minimum atomic E-state index is 0.0151. The molecule has 1 aromatic rings. The SMILES string of the molecule is CC(N)CCCC(C)C(=O)Nc1cccc(CN(C)C)c1. The molecule has 1 aromatic carbocycles. The van der Waals surface area contributed by atoms with Crippen molar-refractivity contribution < 1.29 is 4.79 Å². The maximum absolute atomic E-state index is 12.2. The monoisotopic (exact) mass is 291 g/mol. The molecule has 0 aliphatic heterocycles. The molecule has 118 valence electrons. The van der Waals surface area contributed by atoms with Crippen LogP contribution >= 0.6 is 0 Å². The van der Waals surface area contributed by atoms with Gasteiger partial charge in [0, 0.05) is 24.2 Å². The molecule has 0 saturated heterocycles. The molecule has 0 fully saturated rings. The normalized spacial score (nSPS) is 14.0. The number of amides is 1. The molecular formula is C17H29N3O. The summed E-state index contributed by atoms with van der Waals surface area (Å²) in [5.74, 6) is 0.0999. The van der Waals surface area contributed by atoms with Gasteiger partial charge < -0.3 is 16.0 Å². The fraction of sp³-hybridized carbons (Fsp3) is 0.588. The van der Waals surface area contributed by atoms with Gasteiger partial charge in [0.15, 0.2) is 0 Å². The van der Waals surface area contributed by atoms with Gasteiger partial charge in [-0.05, 0) is 51.6 Å². The van der Waals surface area contributed by atoms with Crippen LogP contribution < -0.4 is 11.1 Å². The lowest BCUT2D eigenvalue weighted by Gasteiger charge is -2.14. The van der Waals surface area contributed by atoms with E-state index in [0.717, 1.165) is 31.5 Å². The van der Waals surface area contributed by atoms with Gasteiger partial charge in [-0.15, -0.1) is 0 Å². The molecule has 0 aliphatic rings. The lowest BCUT2D eigenvalue weighted by atomic mass is 10.0. The molecule has 1 rings (SSSR count). The minimum Gasteiger partial charge on any atom is -0.328 e. The summed E-state index contributed by atoms with van der Waals surface area (Å²) in [5.41, 5.74) is 7.80. The third-order valence-electron chi connectivity index (χ3n) is 3.44. The molecule has 0 heterocycles. The number of carbonyl (C=O) groups is 1. The number of anilines is 1. The second-order valence-corrected chi connectivity index (χ2v) is 6.24. The van der Waals surface area contributed by atoms with E-state index in [9.17, 15) is 4.79 Å². The smallest absolute Gasteiger partial charge is 0.227 e. The van der Waals surface area contributed by atoms with E-state index >= 15 is 0 Å². The summed E-state index contributed by atoms with van der Waals surface area (Å²) in [5, 5.41) is 3.00. The molecule has 0 bridgehead atoms. The van der Waals surface area contributed by atoms with Crippen LogP contribution in [0.1, 0.15) is 38.7 Å². The molecule has 3 N–H and O–H groups in total. The maximum Gasteiger partial charge on any atom is 0.227 e. The van der Waals surface area contributed by atoms with Gasteiger partial charge in [0.25, 0.3) is 0 Å². The van der Waals surface area contributed by atoms with E-state index in [2.05, 4.69) is 16.3 Å². The quantitative estimate of drug-likeness (QED) is 0.774. The van der Waals surface area contributed by atoms with Crippen molar-refractivity contribution in [2.24, 2.45) is 11.7 Å². The van der Waals surface area contributed by atoms with Crippen molar-refractivity contribution in [1.29, 1.82) is 0 Å². The van der Waals surface area contributed by atoms with E-state index in [1.165, 1.54) is 5.56 Å². The number of rotatable bonds is 8. The summed E-state index contributed by atoms with van der Waals surface area (Å²) in [6.45, 7) is 4.84. The van der Waals surface area contributed by atoms with Crippen molar-refractivity contribution in [3.63, 3.8) is 0 Å². The van der Waals surface area contributed by atoms with E-state index < -0.39 is 0 Å². The number of nitrogens with two attached hydrogens (primary N) is 1. The average molecular weight is 291 g/mol. The largest absolute Gasteiger partial charge is 0.328 e. The van der Waals surface area contributed by atoms with Crippen LogP contribution in [-0.2, 0) is 11.3 Å². The Bertz CT molecular complexity index is 443. The highest BCUT2D eigenvalue weighted by Crippen LogP contribution is 2.15. The second-order valence-electron chi connectivity index (χ2n) is 6.24. The van der Waals surface area contributed by atoms with Crippen LogP contribution in [0, 0.1) is 5.92 Å². The minimum absolute atomic E-state index is 0.0151.